The fraction of sp³-hybridized carbons (Fsp3) is 0.208. The second kappa shape index (κ2) is 12.2. The van der Waals surface area contributed by atoms with Crippen molar-refractivity contribution in [3.8, 4) is 5.75 Å². The van der Waals surface area contributed by atoms with Crippen molar-refractivity contribution in [3.05, 3.63) is 82.8 Å². The minimum absolute atomic E-state index is 0.159. The van der Waals surface area contributed by atoms with Crippen molar-refractivity contribution in [2.45, 2.75) is 13.5 Å². The van der Waals surface area contributed by atoms with E-state index in [9.17, 15) is 18.0 Å². The third kappa shape index (κ3) is 8.14. The van der Waals surface area contributed by atoms with Gasteiger partial charge in [0.15, 0.2) is 6.61 Å². The van der Waals surface area contributed by atoms with Gasteiger partial charge in [0, 0.05) is 5.02 Å². The first kappa shape index (κ1) is 26.8. The molecule has 0 bridgehead atoms. The van der Waals surface area contributed by atoms with Crippen molar-refractivity contribution in [1.82, 2.24) is 10.7 Å². The quantitative estimate of drug-likeness (QED) is 0.288. The Bertz CT molecular complexity index is 1330. The number of nitrogens with zero attached hydrogens (tertiary/aromatic N) is 2. The summed E-state index contributed by atoms with van der Waals surface area (Å²) < 4.78 is 35.9. The number of amides is 2. The molecule has 2 amide bonds. The number of anilines is 1. The van der Waals surface area contributed by atoms with Crippen LogP contribution in [-0.4, -0.2) is 45.9 Å². The van der Waals surface area contributed by atoms with Gasteiger partial charge in [0.05, 0.1) is 31.0 Å². The van der Waals surface area contributed by atoms with E-state index in [0.29, 0.717) is 22.1 Å². The van der Waals surface area contributed by atoms with E-state index in [1.54, 1.807) is 55.5 Å². The number of nitrogens with one attached hydrogen (secondary N) is 2. The summed E-state index contributed by atoms with van der Waals surface area (Å²) in [6, 6.07) is 14.9. The van der Waals surface area contributed by atoms with Crippen LogP contribution in [0.1, 0.15) is 16.9 Å². The number of hydrogen-bond donors (Lipinski definition) is 2. The first-order valence-electron chi connectivity index (χ1n) is 10.7. The summed E-state index contributed by atoms with van der Waals surface area (Å²) in [5, 5.41) is 6.94. The molecule has 0 aliphatic carbocycles. The maximum atomic E-state index is 12.3. The van der Waals surface area contributed by atoms with Crippen LogP contribution in [-0.2, 0) is 26.2 Å². The van der Waals surface area contributed by atoms with Crippen LogP contribution in [0.4, 0.5) is 5.69 Å². The Morgan fingerprint density at radius 2 is 1.89 bits per heavy atom. The molecular weight excluding hydrogens is 508 g/mol. The zero-order chi connectivity index (χ0) is 26.1. The van der Waals surface area contributed by atoms with Gasteiger partial charge in [0.25, 0.3) is 11.8 Å². The molecule has 0 spiro atoms. The monoisotopic (exact) mass is 532 g/mol. The van der Waals surface area contributed by atoms with Gasteiger partial charge in [0.2, 0.25) is 10.0 Å². The molecule has 3 rings (SSSR count). The van der Waals surface area contributed by atoms with Crippen molar-refractivity contribution in [2.75, 3.05) is 23.7 Å². The summed E-state index contributed by atoms with van der Waals surface area (Å²) in [5.74, 6) is 0.192. The largest absolute Gasteiger partial charge is 0.484 e. The molecule has 0 saturated carbocycles. The van der Waals surface area contributed by atoms with Gasteiger partial charge >= 0.3 is 0 Å². The number of sulfonamides is 1. The zero-order valence-electron chi connectivity index (χ0n) is 19.6. The van der Waals surface area contributed by atoms with Crippen LogP contribution in [0, 0.1) is 6.92 Å². The third-order valence-corrected chi connectivity index (χ3v) is 6.37. The molecule has 2 aromatic carbocycles. The molecule has 0 fully saturated rings. The van der Waals surface area contributed by atoms with Crippen molar-refractivity contribution < 1.29 is 27.2 Å². The average molecular weight is 533 g/mol. The number of carbonyl (C=O) groups is 2. The number of furan rings is 1. The summed E-state index contributed by atoms with van der Waals surface area (Å²) in [6.45, 7) is 1.44. The van der Waals surface area contributed by atoms with E-state index in [1.165, 1.54) is 18.5 Å². The van der Waals surface area contributed by atoms with Gasteiger partial charge < -0.3 is 14.5 Å². The predicted octanol–water partition coefficient (Wildman–Crippen LogP) is 2.85. The highest BCUT2D eigenvalue weighted by molar-refractivity contribution is 7.92. The van der Waals surface area contributed by atoms with Crippen LogP contribution in [0.15, 0.2) is 70.4 Å². The molecule has 0 atom stereocenters. The highest BCUT2D eigenvalue weighted by Gasteiger charge is 2.21. The Hall–Kier alpha value is -3.83. The number of carbonyl (C=O) groups excluding carboxylic acids is 2. The lowest BCUT2D eigenvalue weighted by molar-refractivity contribution is -0.123. The summed E-state index contributed by atoms with van der Waals surface area (Å²) in [5.41, 5.74) is 4.02. The summed E-state index contributed by atoms with van der Waals surface area (Å²) in [4.78, 5) is 24.2. The minimum Gasteiger partial charge on any atom is -0.484 e. The van der Waals surface area contributed by atoms with Crippen LogP contribution >= 0.6 is 11.6 Å². The molecule has 1 heterocycles. The van der Waals surface area contributed by atoms with E-state index in [4.69, 9.17) is 20.8 Å². The van der Waals surface area contributed by atoms with Gasteiger partial charge in [-0.05, 0) is 66.6 Å². The van der Waals surface area contributed by atoms with Gasteiger partial charge in [-0.2, -0.15) is 5.10 Å². The highest BCUT2D eigenvalue weighted by Crippen LogP contribution is 2.24. The molecule has 0 radical (unpaired) electrons. The Balaban J connectivity index is 1.48. The Kier molecular flexibility index (Phi) is 9.09. The summed E-state index contributed by atoms with van der Waals surface area (Å²) >= 11 is 6.10. The second-order valence-corrected chi connectivity index (χ2v) is 10.0. The van der Waals surface area contributed by atoms with Gasteiger partial charge in [-0.15, -0.1) is 0 Å². The van der Waals surface area contributed by atoms with Crippen LogP contribution in [0.25, 0.3) is 0 Å². The minimum atomic E-state index is -3.74. The van der Waals surface area contributed by atoms with Crippen molar-refractivity contribution in [1.29, 1.82) is 0 Å². The number of halogens is 1. The molecular formula is C24H25ClN4O6S. The lowest BCUT2D eigenvalue weighted by atomic mass is 10.2. The lowest BCUT2D eigenvalue weighted by Gasteiger charge is -2.21. The fourth-order valence-electron chi connectivity index (χ4n) is 2.93. The Labute approximate surface area is 213 Å². The average Bonchev–Trinajstić information content (AvgIpc) is 3.36. The molecule has 2 N–H and O–H groups in total. The maximum Gasteiger partial charge on any atom is 0.260 e. The summed E-state index contributed by atoms with van der Waals surface area (Å²) in [6.07, 6.45) is 3.93. The Morgan fingerprint density at radius 3 is 2.53 bits per heavy atom. The zero-order valence-corrected chi connectivity index (χ0v) is 21.2. The lowest BCUT2D eigenvalue weighted by Crippen LogP contribution is -2.39. The SMILES string of the molecule is Cc1ccc(N(CC(=O)N/N=C\c2ccc(OCC(=O)NCc3ccco3)cc2)S(C)(=O)=O)cc1Cl. The number of ether oxygens (including phenoxy) is 1. The van der Waals surface area contributed by atoms with Crippen molar-refractivity contribution in [3.63, 3.8) is 0 Å². The fourth-order valence-corrected chi connectivity index (χ4v) is 3.95. The van der Waals surface area contributed by atoms with Crippen molar-refractivity contribution in [2.24, 2.45) is 5.10 Å². The number of hydrazone groups is 1. The Morgan fingerprint density at radius 1 is 1.14 bits per heavy atom. The van der Waals surface area contributed by atoms with Crippen LogP contribution in [0.3, 0.4) is 0 Å². The first-order chi connectivity index (χ1) is 17.1. The van der Waals surface area contributed by atoms with E-state index in [2.05, 4.69) is 15.8 Å². The summed E-state index contributed by atoms with van der Waals surface area (Å²) in [7, 11) is -3.74. The predicted molar refractivity (Wildman–Crippen MR) is 137 cm³/mol. The van der Waals surface area contributed by atoms with E-state index < -0.39 is 22.5 Å². The molecule has 0 saturated heterocycles. The molecule has 1 aromatic heterocycles. The smallest absolute Gasteiger partial charge is 0.260 e. The van der Waals surface area contributed by atoms with Crippen LogP contribution in [0.5, 0.6) is 5.75 Å². The number of benzene rings is 2. The molecule has 10 nitrogen and oxygen atoms in total. The van der Waals surface area contributed by atoms with Crippen LogP contribution < -0.4 is 19.8 Å². The number of rotatable bonds is 11. The molecule has 190 valence electrons. The number of hydrogen-bond acceptors (Lipinski definition) is 7. The van der Waals surface area contributed by atoms with Crippen molar-refractivity contribution >= 4 is 45.3 Å². The normalized spacial score (nSPS) is 11.3. The van der Waals surface area contributed by atoms with Gasteiger partial charge in [-0.3, -0.25) is 13.9 Å². The third-order valence-electron chi connectivity index (χ3n) is 4.82. The standard InChI is InChI=1S/C24H25ClN4O6S/c1-17-5-8-19(12-22(17)25)29(36(2,32)33)15-23(30)28-27-13-18-6-9-20(10-7-18)35-16-24(31)26-14-21-4-3-11-34-21/h3-13H,14-16H2,1-2H3,(H,26,31)(H,28,30)/b27-13-. The highest BCUT2D eigenvalue weighted by atomic mass is 35.5. The number of aryl methyl sites for hydroxylation is 1. The van der Waals surface area contributed by atoms with Crippen LogP contribution in [0.2, 0.25) is 5.02 Å². The van der Waals surface area contributed by atoms with E-state index in [0.717, 1.165) is 16.1 Å². The molecule has 3 aromatic rings. The van der Waals surface area contributed by atoms with Gasteiger partial charge in [-0.25, -0.2) is 13.8 Å². The molecule has 0 aliphatic heterocycles. The molecule has 12 heteroatoms. The van der Waals surface area contributed by atoms with E-state index in [-0.39, 0.29) is 24.7 Å². The molecule has 36 heavy (non-hydrogen) atoms. The van der Waals surface area contributed by atoms with Gasteiger partial charge in [0.1, 0.15) is 18.1 Å². The second-order valence-electron chi connectivity index (χ2n) is 7.71. The molecule has 0 unspecified atom stereocenters. The maximum absolute atomic E-state index is 12.3. The van der Waals surface area contributed by atoms with Gasteiger partial charge in [-0.1, -0.05) is 17.7 Å². The van der Waals surface area contributed by atoms with E-state index in [1.807, 2.05) is 0 Å². The topological polar surface area (TPSA) is 130 Å². The first-order valence-corrected chi connectivity index (χ1v) is 12.9. The van der Waals surface area contributed by atoms with E-state index >= 15 is 0 Å². The molecule has 0 aliphatic rings.